The molecule has 0 spiro atoms. The van der Waals surface area contributed by atoms with E-state index >= 15 is 0 Å². The maximum absolute atomic E-state index is 13.7. The van der Waals surface area contributed by atoms with Gasteiger partial charge in [0.1, 0.15) is 5.82 Å². The zero-order chi connectivity index (χ0) is 21.3. The Hall–Kier alpha value is -4.02. The molecule has 1 N–H and O–H groups in total. The number of benzene rings is 1. The number of nitrogens with zero attached hydrogens (tertiary/aromatic N) is 5. The Kier molecular flexibility index (Phi) is 4.78. The van der Waals surface area contributed by atoms with E-state index in [0.717, 1.165) is 30.5 Å². The quantitative estimate of drug-likeness (QED) is 0.513. The minimum atomic E-state index is -4.88. The maximum atomic E-state index is 13.7. The summed E-state index contributed by atoms with van der Waals surface area (Å²) in [5.41, 5.74) is -1.79. The monoisotopic (exact) mass is 416 g/mol. The van der Waals surface area contributed by atoms with E-state index in [9.17, 15) is 22.4 Å². The molecule has 0 aliphatic carbocycles. The molecule has 0 aliphatic heterocycles. The van der Waals surface area contributed by atoms with Crippen LogP contribution in [0.1, 0.15) is 16.1 Å². The lowest BCUT2D eigenvalue weighted by Crippen LogP contribution is -2.20. The third-order valence-corrected chi connectivity index (χ3v) is 4.10. The third-order valence-electron chi connectivity index (χ3n) is 4.10. The number of carbonyl (C=O) groups excluding carboxylic acids is 1. The summed E-state index contributed by atoms with van der Waals surface area (Å²) >= 11 is 0. The van der Waals surface area contributed by atoms with E-state index in [2.05, 4.69) is 20.5 Å². The van der Waals surface area contributed by atoms with Crippen molar-refractivity contribution < 1.29 is 22.4 Å². The molecule has 0 aliphatic rings. The van der Waals surface area contributed by atoms with Crippen molar-refractivity contribution in [3.8, 4) is 11.5 Å². The average molecular weight is 416 g/mol. The number of halogens is 4. The summed E-state index contributed by atoms with van der Waals surface area (Å²) in [6.07, 6.45) is 0.466. The second-order valence-corrected chi connectivity index (χ2v) is 6.10. The van der Waals surface area contributed by atoms with E-state index in [0.29, 0.717) is 10.5 Å². The van der Waals surface area contributed by atoms with Crippen LogP contribution in [0.5, 0.6) is 0 Å². The smallest absolute Gasteiger partial charge is 0.320 e. The van der Waals surface area contributed by atoms with Gasteiger partial charge in [-0.2, -0.15) is 23.4 Å². The highest BCUT2D eigenvalue weighted by atomic mass is 19.4. The minimum absolute atomic E-state index is 0.0342. The lowest BCUT2D eigenvalue weighted by atomic mass is 10.2. The number of hydrogen-bond donors (Lipinski definition) is 1. The summed E-state index contributed by atoms with van der Waals surface area (Å²) in [6, 6.07) is 9.02. The molecule has 1 aromatic carbocycles. The van der Waals surface area contributed by atoms with Crippen molar-refractivity contribution in [2.24, 2.45) is 0 Å². The molecule has 0 saturated carbocycles. The van der Waals surface area contributed by atoms with Gasteiger partial charge < -0.3 is 5.32 Å². The van der Waals surface area contributed by atoms with Gasteiger partial charge in [0.05, 0.1) is 29.3 Å². The van der Waals surface area contributed by atoms with E-state index in [1.165, 1.54) is 16.9 Å². The van der Waals surface area contributed by atoms with Gasteiger partial charge in [0.15, 0.2) is 11.5 Å². The first-order valence-corrected chi connectivity index (χ1v) is 8.51. The number of amides is 1. The fourth-order valence-electron chi connectivity index (χ4n) is 2.76. The van der Waals surface area contributed by atoms with Crippen LogP contribution in [0.2, 0.25) is 0 Å². The molecule has 3 aromatic heterocycles. The van der Waals surface area contributed by atoms with Gasteiger partial charge in [-0.15, -0.1) is 0 Å². The highest BCUT2D eigenvalue weighted by Crippen LogP contribution is 2.34. The summed E-state index contributed by atoms with van der Waals surface area (Å²) in [5.74, 6) is -1.15. The van der Waals surface area contributed by atoms with Crippen molar-refractivity contribution in [3.05, 3.63) is 84.3 Å². The van der Waals surface area contributed by atoms with Crippen LogP contribution in [0.25, 0.3) is 11.5 Å². The fraction of sp³-hybridized carbons (Fsp3) is 0.0526. The second-order valence-electron chi connectivity index (χ2n) is 6.10. The number of anilines is 1. The van der Waals surface area contributed by atoms with Crippen molar-refractivity contribution >= 4 is 11.6 Å². The predicted octanol–water partition coefficient (Wildman–Crippen LogP) is 3.86. The first-order chi connectivity index (χ1) is 14.3. The van der Waals surface area contributed by atoms with E-state index < -0.39 is 29.2 Å². The van der Waals surface area contributed by atoms with Crippen LogP contribution in [-0.2, 0) is 6.18 Å². The molecule has 4 rings (SSSR count). The maximum Gasteiger partial charge on any atom is 0.434 e. The Morgan fingerprint density at radius 3 is 2.37 bits per heavy atom. The summed E-state index contributed by atoms with van der Waals surface area (Å²) < 4.78 is 56.2. The Morgan fingerprint density at radius 1 is 1.00 bits per heavy atom. The predicted molar refractivity (Wildman–Crippen MR) is 97.8 cm³/mol. The van der Waals surface area contributed by atoms with Crippen LogP contribution in [-0.4, -0.2) is 30.5 Å². The molecule has 1 amide bonds. The van der Waals surface area contributed by atoms with Gasteiger partial charge in [0.25, 0.3) is 5.91 Å². The largest absolute Gasteiger partial charge is 0.434 e. The van der Waals surface area contributed by atoms with Gasteiger partial charge in [-0.1, -0.05) is 0 Å². The van der Waals surface area contributed by atoms with Crippen molar-refractivity contribution in [1.82, 2.24) is 24.5 Å². The normalized spacial score (nSPS) is 11.5. The Labute approximate surface area is 166 Å². The van der Waals surface area contributed by atoms with Crippen LogP contribution in [0.15, 0.2) is 67.3 Å². The van der Waals surface area contributed by atoms with Crippen LogP contribution in [0.4, 0.5) is 23.2 Å². The summed E-state index contributed by atoms with van der Waals surface area (Å²) in [4.78, 5) is 16.6. The van der Waals surface area contributed by atoms with E-state index in [-0.39, 0.29) is 11.4 Å². The number of rotatable bonds is 4. The van der Waals surface area contributed by atoms with Gasteiger partial charge in [0.2, 0.25) is 0 Å². The topological polar surface area (TPSA) is 77.6 Å². The number of hydrogen-bond acceptors (Lipinski definition) is 4. The number of aromatic nitrogens is 5. The minimum Gasteiger partial charge on any atom is -0.320 e. The SMILES string of the molecule is O=C(Nc1ccc(-n2cccn2)nc1)c1cnn(-c2ccc(F)cc2)c1C(F)(F)F. The van der Waals surface area contributed by atoms with E-state index in [4.69, 9.17) is 0 Å². The second kappa shape index (κ2) is 7.43. The van der Waals surface area contributed by atoms with Gasteiger partial charge in [-0.25, -0.2) is 18.7 Å². The number of nitrogens with one attached hydrogen (secondary N) is 1. The Morgan fingerprint density at radius 2 is 1.77 bits per heavy atom. The Balaban J connectivity index is 1.63. The molecular formula is C19H12F4N6O. The zero-order valence-electron chi connectivity index (χ0n) is 15.0. The van der Waals surface area contributed by atoms with Gasteiger partial charge in [-0.3, -0.25) is 4.79 Å². The molecular weight excluding hydrogens is 404 g/mol. The van der Waals surface area contributed by atoms with Crippen LogP contribution >= 0.6 is 0 Å². The van der Waals surface area contributed by atoms with E-state index in [1.807, 2.05) is 0 Å². The molecule has 0 radical (unpaired) electrons. The zero-order valence-corrected chi connectivity index (χ0v) is 15.0. The lowest BCUT2D eigenvalue weighted by molar-refractivity contribution is -0.143. The van der Waals surface area contributed by atoms with Crippen molar-refractivity contribution in [3.63, 3.8) is 0 Å². The molecule has 11 heteroatoms. The van der Waals surface area contributed by atoms with Gasteiger partial charge >= 0.3 is 6.18 Å². The van der Waals surface area contributed by atoms with Crippen molar-refractivity contribution in [2.75, 3.05) is 5.32 Å². The standard InChI is InChI=1S/C19H12F4N6O/c20-12-2-5-14(6-3-12)29-17(19(21,22)23)15(11-26-29)18(30)27-13-4-7-16(24-10-13)28-9-1-8-25-28/h1-11H,(H,27,30). The van der Waals surface area contributed by atoms with Crippen LogP contribution in [0.3, 0.4) is 0 Å². The Bertz CT molecular complexity index is 1170. The molecule has 0 bridgehead atoms. The molecule has 7 nitrogen and oxygen atoms in total. The molecule has 3 heterocycles. The molecule has 30 heavy (non-hydrogen) atoms. The summed E-state index contributed by atoms with van der Waals surface area (Å²) in [6.45, 7) is 0. The third kappa shape index (κ3) is 3.77. The highest BCUT2D eigenvalue weighted by Gasteiger charge is 2.40. The summed E-state index contributed by atoms with van der Waals surface area (Å²) in [5, 5.41) is 10.1. The molecule has 0 saturated heterocycles. The molecule has 0 fully saturated rings. The van der Waals surface area contributed by atoms with Gasteiger partial charge in [0, 0.05) is 12.4 Å². The molecule has 0 atom stereocenters. The molecule has 152 valence electrons. The number of carbonyl (C=O) groups is 1. The highest BCUT2D eigenvalue weighted by molar-refractivity contribution is 6.05. The molecule has 4 aromatic rings. The molecule has 0 unspecified atom stereocenters. The van der Waals surface area contributed by atoms with Crippen LogP contribution in [0, 0.1) is 5.82 Å². The van der Waals surface area contributed by atoms with Crippen molar-refractivity contribution in [1.29, 1.82) is 0 Å². The van der Waals surface area contributed by atoms with Crippen LogP contribution < -0.4 is 5.32 Å². The first-order valence-electron chi connectivity index (χ1n) is 8.51. The number of alkyl halides is 3. The van der Waals surface area contributed by atoms with Crippen molar-refractivity contribution in [2.45, 2.75) is 6.18 Å². The number of pyridine rings is 1. The first kappa shape index (κ1) is 19.3. The van der Waals surface area contributed by atoms with E-state index in [1.54, 1.807) is 24.5 Å². The fourth-order valence-corrected chi connectivity index (χ4v) is 2.76. The lowest BCUT2D eigenvalue weighted by Gasteiger charge is -2.13. The average Bonchev–Trinajstić information content (AvgIpc) is 3.39. The van der Waals surface area contributed by atoms with Gasteiger partial charge in [-0.05, 0) is 42.5 Å². The summed E-state index contributed by atoms with van der Waals surface area (Å²) in [7, 11) is 0.